The fourth-order valence-corrected chi connectivity index (χ4v) is 5.78. The number of piperazine rings is 1. The van der Waals surface area contributed by atoms with E-state index in [0.29, 0.717) is 19.2 Å². The minimum absolute atomic E-state index is 0.493. The summed E-state index contributed by atoms with van der Waals surface area (Å²) in [5.41, 5.74) is 5.74. The predicted octanol–water partition coefficient (Wildman–Crippen LogP) is 2.35. The summed E-state index contributed by atoms with van der Waals surface area (Å²) in [5.74, 6) is 1.91. The molecule has 2 aromatic heterocycles. The number of aromatic amines is 1. The molecule has 3 aliphatic heterocycles. The number of methoxy groups -OCH3 is 1. The molecule has 2 fully saturated rings. The summed E-state index contributed by atoms with van der Waals surface area (Å²) in [6, 6.07) is 6.89. The van der Waals surface area contributed by atoms with Crippen LogP contribution in [0.5, 0.6) is 11.8 Å². The fraction of sp³-hybridized carbons (Fsp3) is 0.571. The van der Waals surface area contributed by atoms with E-state index >= 15 is 0 Å². The maximum atomic E-state index is 6.18. The summed E-state index contributed by atoms with van der Waals surface area (Å²) >= 11 is 0. The average Bonchev–Trinajstić information content (AvgIpc) is 3.35. The van der Waals surface area contributed by atoms with E-state index in [4.69, 9.17) is 24.2 Å². The second-order valence-corrected chi connectivity index (χ2v) is 10.4. The number of nitrogens with one attached hydrogen (secondary N) is 2. The summed E-state index contributed by atoms with van der Waals surface area (Å²) in [6.07, 6.45) is 1.84. The first-order valence-corrected chi connectivity index (χ1v) is 13.9. The third-order valence-corrected chi connectivity index (χ3v) is 7.78. The van der Waals surface area contributed by atoms with Crippen molar-refractivity contribution in [1.29, 1.82) is 0 Å². The van der Waals surface area contributed by atoms with Crippen molar-refractivity contribution in [3.63, 3.8) is 0 Å². The van der Waals surface area contributed by atoms with E-state index in [2.05, 4.69) is 50.1 Å². The number of rotatable bonds is 8. The molecule has 0 spiro atoms. The number of ether oxygens (including phenoxy) is 3. The van der Waals surface area contributed by atoms with Crippen molar-refractivity contribution >= 4 is 22.4 Å². The summed E-state index contributed by atoms with van der Waals surface area (Å²) in [6.45, 7) is 12.8. The highest BCUT2D eigenvalue weighted by atomic mass is 16.5. The minimum Gasteiger partial charge on any atom is -0.497 e. The van der Waals surface area contributed by atoms with Crippen LogP contribution in [0.1, 0.15) is 23.4 Å². The molecule has 1 aromatic carbocycles. The van der Waals surface area contributed by atoms with E-state index in [1.807, 2.05) is 0 Å². The Balaban J connectivity index is 1.25. The predicted molar refractivity (Wildman–Crippen MR) is 149 cm³/mol. The van der Waals surface area contributed by atoms with Crippen molar-refractivity contribution in [1.82, 2.24) is 25.2 Å². The third kappa shape index (κ3) is 5.39. The lowest BCUT2D eigenvalue weighted by Crippen LogP contribution is -2.45. The summed E-state index contributed by atoms with van der Waals surface area (Å²) in [4.78, 5) is 20.7. The fourth-order valence-electron chi connectivity index (χ4n) is 5.78. The Hall–Kier alpha value is -3.08. The van der Waals surface area contributed by atoms with Crippen molar-refractivity contribution in [2.75, 3.05) is 89.1 Å². The van der Waals surface area contributed by atoms with Gasteiger partial charge in [-0.25, -0.2) is 0 Å². The highest BCUT2D eigenvalue weighted by Crippen LogP contribution is 2.36. The Kier molecular flexibility index (Phi) is 7.53. The van der Waals surface area contributed by atoms with Crippen LogP contribution < -0.4 is 24.6 Å². The van der Waals surface area contributed by atoms with Crippen LogP contribution in [-0.2, 0) is 17.7 Å². The van der Waals surface area contributed by atoms with Gasteiger partial charge in [-0.3, -0.25) is 4.90 Å². The average molecular weight is 522 g/mol. The van der Waals surface area contributed by atoms with Crippen LogP contribution in [0, 0.1) is 6.92 Å². The molecule has 0 saturated carbocycles. The molecular weight excluding hydrogens is 482 g/mol. The van der Waals surface area contributed by atoms with Crippen LogP contribution in [0.2, 0.25) is 0 Å². The minimum atomic E-state index is 0.493. The van der Waals surface area contributed by atoms with Crippen molar-refractivity contribution in [2.45, 2.75) is 26.3 Å². The van der Waals surface area contributed by atoms with E-state index in [0.717, 1.165) is 118 Å². The molecular formula is C28H39N7O3. The first kappa shape index (κ1) is 25.2. The largest absolute Gasteiger partial charge is 0.497 e. The molecule has 0 atom stereocenters. The van der Waals surface area contributed by atoms with Crippen LogP contribution in [0.4, 0.5) is 11.5 Å². The highest BCUT2D eigenvalue weighted by Gasteiger charge is 2.28. The standard InChI is InChI=1S/C28H39N7O3/c1-20-16-21-17-22(36-2)18-25(26(21)30-20)35-8-4-23-24(19-35)31-28(32-27(23)34-9-5-29-6-10-34)38-13-3-7-33-11-14-37-15-12-33/h16-18,29-30H,3-15,19H2,1-2H3. The topological polar surface area (TPSA) is 91.0 Å². The van der Waals surface area contributed by atoms with E-state index in [1.165, 1.54) is 5.56 Å². The molecule has 0 unspecified atom stereocenters. The summed E-state index contributed by atoms with van der Waals surface area (Å²) in [7, 11) is 1.73. The molecule has 2 N–H and O–H groups in total. The Labute approximate surface area is 224 Å². The number of hydrogen-bond acceptors (Lipinski definition) is 9. The molecule has 6 rings (SSSR count). The summed E-state index contributed by atoms with van der Waals surface area (Å²) < 4.78 is 17.3. The quantitative estimate of drug-likeness (QED) is 0.434. The maximum Gasteiger partial charge on any atom is 0.318 e. The molecule has 204 valence electrons. The number of aromatic nitrogens is 3. The number of morpholine rings is 1. The van der Waals surface area contributed by atoms with Gasteiger partial charge in [-0.05, 0) is 31.9 Å². The lowest BCUT2D eigenvalue weighted by atomic mass is 10.0. The molecule has 0 aliphatic carbocycles. The molecule has 3 aliphatic rings. The van der Waals surface area contributed by atoms with Crippen molar-refractivity contribution < 1.29 is 14.2 Å². The van der Waals surface area contributed by atoms with E-state index < -0.39 is 0 Å². The van der Waals surface area contributed by atoms with Gasteiger partial charge >= 0.3 is 6.01 Å². The Morgan fingerprint density at radius 1 is 1.00 bits per heavy atom. The summed E-state index contributed by atoms with van der Waals surface area (Å²) in [5, 5.41) is 4.62. The molecule has 10 nitrogen and oxygen atoms in total. The second kappa shape index (κ2) is 11.3. The number of benzene rings is 1. The lowest BCUT2D eigenvalue weighted by molar-refractivity contribution is 0.0356. The van der Waals surface area contributed by atoms with Gasteiger partial charge in [-0.15, -0.1) is 0 Å². The van der Waals surface area contributed by atoms with Gasteiger partial charge in [0, 0.05) is 75.1 Å². The first-order valence-electron chi connectivity index (χ1n) is 13.9. The van der Waals surface area contributed by atoms with E-state index in [9.17, 15) is 0 Å². The molecule has 38 heavy (non-hydrogen) atoms. The number of anilines is 2. The van der Waals surface area contributed by atoms with Crippen molar-refractivity contribution in [2.24, 2.45) is 0 Å². The molecule has 5 heterocycles. The van der Waals surface area contributed by atoms with Crippen molar-refractivity contribution in [3.05, 3.63) is 35.2 Å². The second-order valence-electron chi connectivity index (χ2n) is 10.4. The molecule has 0 radical (unpaired) electrons. The van der Waals surface area contributed by atoms with Crippen LogP contribution in [0.3, 0.4) is 0 Å². The number of aryl methyl sites for hydroxylation is 1. The lowest BCUT2D eigenvalue weighted by Gasteiger charge is -2.35. The monoisotopic (exact) mass is 521 g/mol. The van der Waals surface area contributed by atoms with Gasteiger partial charge in [-0.2, -0.15) is 9.97 Å². The molecule has 2 saturated heterocycles. The van der Waals surface area contributed by atoms with E-state index in [-0.39, 0.29) is 0 Å². The number of hydrogen-bond donors (Lipinski definition) is 2. The van der Waals surface area contributed by atoms with Gasteiger partial charge in [0.15, 0.2) is 0 Å². The maximum absolute atomic E-state index is 6.18. The number of nitrogens with zero attached hydrogens (tertiary/aromatic N) is 5. The smallest absolute Gasteiger partial charge is 0.318 e. The molecule has 0 bridgehead atoms. The van der Waals surface area contributed by atoms with Crippen LogP contribution in [-0.4, -0.2) is 99.1 Å². The normalized spacial score (nSPS) is 18.6. The van der Waals surface area contributed by atoms with Gasteiger partial charge in [0.25, 0.3) is 0 Å². The number of H-pyrrole nitrogens is 1. The Bertz CT molecular complexity index is 1250. The zero-order valence-electron chi connectivity index (χ0n) is 22.6. The van der Waals surface area contributed by atoms with Crippen LogP contribution in [0.25, 0.3) is 10.9 Å². The highest BCUT2D eigenvalue weighted by molar-refractivity contribution is 5.94. The van der Waals surface area contributed by atoms with Crippen LogP contribution in [0.15, 0.2) is 18.2 Å². The van der Waals surface area contributed by atoms with Gasteiger partial charge in [0.1, 0.15) is 11.6 Å². The molecule has 0 amide bonds. The van der Waals surface area contributed by atoms with Gasteiger partial charge in [0.05, 0.1) is 50.4 Å². The van der Waals surface area contributed by atoms with Gasteiger partial charge < -0.3 is 34.3 Å². The SMILES string of the molecule is COc1cc(N2CCc3c(nc(OCCCN4CCOCC4)nc3N3CCNCC3)C2)c2[nH]c(C)cc2c1. The van der Waals surface area contributed by atoms with Gasteiger partial charge in [-0.1, -0.05) is 0 Å². The Morgan fingerprint density at radius 3 is 2.66 bits per heavy atom. The zero-order chi connectivity index (χ0) is 25.9. The van der Waals surface area contributed by atoms with E-state index in [1.54, 1.807) is 7.11 Å². The van der Waals surface area contributed by atoms with Gasteiger partial charge in [0.2, 0.25) is 0 Å². The first-order chi connectivity index (χ1) is 18.7. The molecule has 10 heteroatoms. The zero-order valence-corrected chi connectivity index (χ0v) is 22.6. The Morgan fingerprint density at radius 2 is 1.84 bits per heavy atom. The van der Waals surface area contributed by atoms with Crippen molar-refractivity contribution in [3.8, 4) is 11.8 Å². The number of fused-ring (bicyclic) bond motifs is 2. The van der Waals surface area contributed by atoms with Crippen LogP contribution >= 0.6 is 0 Å². The third-order valence-electron chi connectivity index (χ3n) is 7.78. The molecule has 3 aromatic rings.